The van der Waals surface area contributed by atoms with Crippen LogP contribution in [0.4, 0.5) is 0 Å². The first-order chi connectivity index (χ1) is 16.3. The van der Waals surface area contributed by atoms with Gasteiger partial charge in [0.2, 0.25) is 5.69 Å². The second-order valence-corrected chi connectivity index (χ2v) is 10.8. The van der Waals surface area contributed by atoms with E-state index in [1.807, 2.05) is 6.07 Å². The maximum absolute atomic E-state index is 6.67. The van der Waals surface area contributed by atoms with Crippen LogP contribution >= 0.6 is 0 Å². The van der Waals surface area contributed by atoms with E-state index in [0.29, 0.717) is 0 Å². The zero-order valence-electron chi connectivity index (χ0n) is 20.1. The molecule has 0 bridgehead atoms. The topological polar surface area (TPSA) is 39.4 Å². The first-order valence-corrected chi connectivity index (χ1v) is 11.8. The Morgan fingerprint density at radius 3 is 2.59 bits per heavy atom. The highest BCUT2D eigenvalue weighted by Crippen LogP contribution is 2.52. The van der Waals surface area contributed by atoms with E-state index < -0.39 is 0 Å². The molecular formula is C30H26NO3+. The van der Waals surface area contributed by atoms with Crippen molar-refractivity contribution in [2.45, 2.75) is 34.1 Å². The minimum atomic E-state index is 0.221. The molecule has 0 saturated heterocycles. The number of benzene rings is 3. The van der Waals surface area contributed by atoms with Gasteiger partial charge in [-0.2, -0.15) is 0 Å². The Morgan fingerprint density at radius 2 is 1.76 bits per heavy atom. The third-order valence-corrected chi connectivity index (χ3v) is 7.01. The largest absolute Gasteiger partial charge is 0.464 e. The van der Waals surface area contributed by atoms with E-state index in [1.54, 1.807) is 6.26 Å². The van der Waals surface area contributed by atoms with Crippen LogP contribution in [0.2, 0.25) is 0 Å². The predicted octanol–water partition coefficient (Wildman–Crippen LogP) is 7.98. The van der Waals surface area contributed by atoms with Crippen LogP contribution in [0.3, 0.4) is 0 Å². The van der Waals surface area contributed by atoms with Crippen LogP contribution in [-0.4, -0.2) is 0 Å². The Balaban J connectivity index is 1.58. The fraction of sp³-hybridized carbons (Fsp3) is 0.233. The highest BCUT2D eigenvalue weighted by molar-refractivity contribution is 6.17. The average molecular weight is 449 g/mol. The summed E-state index contributed by atoms with van der Waals surface area (Å²) >= 11 is 0. The molecule has 0 N–H and O–H groups in total. The lowest BCUT2D eigenvalue weighted by molar-refractivity contribution is -0.659. The molecule has 3 aromatic carbocycles. The van der Waals surface area contributed by atoms with E-state index >= 15 is 0 Å². The van der Waals surface area contributed by atoms with E-state index in [9.17, 15) is 0 Å². The Kier molecular flexibility index (Phi) is 3.71. The molecule has 0 spiro atoms. The monoisotopic (exact) mass is 448 g/mol. The molecule has 34 heavy (non-hydrogen) atoms. The van der Waals surface area contributed by atoms with Gasteiger partial charge in [0.05, 0.1) is 11.8 Å². The van der Waals surface area contributed by atoms with Gasteiger partial charge in [-0.25, -0.2) is 4.57 Å². The van der Waals surface area contributed by atoms with Gasteiger partial charge in [-0.15, -0.1) is 0 Å². The van der Waals surface area contributed by atoms with E-state index in [0.717, 1.165) is 78.4 Å². The number of aromatic nitrogens is 1. The van der Waals surface area contributed by atoms with E-state index in [1.165, 1.54) is 5.56 Å². The summed E-state index contributed by atoms with van der Waals surface area (Å²) in [5.74, 6) is 1.63. The molecule has 1 aliphatic heterocycles. The van der Waals surface area contributed by atoms with Crippen LogP contribution in [-0.2, 0) is 13.5 Å². The number of nitrogens with zero attached hydrogens (tertiary/aromatic N) is 1. The number of hydrogen-bond acceptors (Lipinski definition) is 3. The number of aryl methyl sites for hydroxylation is 2. The van der Waals surface area contributed by atoms with Gasteiger partial charge in [0, 0.05) is 27.8 Å². The van der Waals surface area contributed by atoms with Crippen molar-refractivity contribution in [3.63, 3.8) is 0 Å². The first kappa shape index (κ1) is 19.7. The first-order valence-electron chi connectivity index (χ1n) is 11.8. The third kappa shape index (κ3) is 2.62. The minimum absolute atomic E-state index is 0.221. The summed E-state index contributed by atoms with van der Waals surface area (Å²) in [6.45, 7) is 8.92. The quantitative estimate of drug-likeness (QED) is 0.239. The minimum Gasteiger partial charge on any atom is -0.464 e. The van der Waals surface area contributed by atoms with Crippen molar-refractivity contribution >= 4 is 43.7 Å². The number of furan rings is 2. The van der Waals surface area contributed by atoms with Crippen LogP contribution < -0.4 is 9.30 Å². The molecule has 4 heterocycles. The molecule has 0 aliphatic carbocycles. The summed E-state index contributed by atoms with van der Waals surface area (Å²) in [6, 6.07) is 15.0. The van der Waals surface area contributed by atoms with Gasteiger partial charge >= 0.3 is 0 Å². The van der Waals surface area contributed by atoms with Crippen molar-refractivity contribution in [1.29, 1.82) is 0 Å². The zero-order chi connectivity index (χ0) is 23.4. The molecule has 0 unspecified atom stereocenters. The maximum atomic E-state index is 6.67. The van der Waals surface area contributed by atoms with Crippen molar-refractivity contribution < 1.29 is 18.1 Å². The second-order valence-electron chi connectivity index (χ2n) is 10.8. The molecule has 4 heteroatoms. The Morgan fingerprint density at radius 1 is 0.912 bits per heavy atom. The predicted molar refractivity (Wildman–Crippen MR) is 136 cm³/mol. The number of rotatable bonds is 1. The van der Waals surface area contributed by atoms with Crippen LogP contribution in [0, 0.1) is 12.3 Å². The van der Waals surface area contributed by atoms with Gasteiger partial charge in [0.1, 0.15) is 29.3 Å². The molecule has 1 aliphatic rings. The lowest BCUT2D eigenvalue weighted by Crippen LogP contribution is -2.31. The zero-order valence-corrected chi connectivity index (χ0v) is 20.1. The average Bonchev–Trinajstić information content (AvgIpc) is 3.39. The van der Waals surface area contributed by atoms with Crippen molar-refractivity contribution in [3.8, 4) is 22.8 Å². The highest BCUT2D eigenvalue weighted by Gasteiger charge is 2.33. The fourth-order valence-electron chi connectivity index (χ4n) is 5.62. The van der Waals surface area contributed by atoms with Gasteiger partial charge in [0.25, 0.3) is 0 Å². The third-order valence-electron chi connectivity index (χ3n) is 7.01. The molecule has 0 saturated carbocycles. The van der Waals surface area contributed by atoms with E-state index in [-0.39, 0.29) is 5.41 Å². The van der Waals surface area contributed by atoms with Gasteiger partial charge in [0.15, 0.2) is 17.5 Å². The van der Waals surface area contributed by atoms with E-state index in [2.05, 4.69) is 81.9 Å². The SMILES string of the molecule is Cc1c2c(cc3ccoc13)Oc1c3oc4ccc(CC(C)(C)C)cc4c3cc3cc[n+](C)c-2c13. The van der Waals surface area contributed by atoms with Gasteiger partial charge in [-0.1, -0.05) is 26.8 Å². The van der Waals surface area contributed by atoms with Gasteiger partial charge in [-0.3, -0.25) is 0 Å². The molecule has 4 nitrogen and oxygen atoms in total. The van der Waals surface area contributed by atoms with Crippen molar-refractivity contribution in [1.82, 2.24) is 0 Å². The Labute approximate surface area is 197 Å². The van der Waals surface area contributed by atoms with Crippen molar-refractivity contribution in [3.05, 3.63) is 66.1 Å². The number of ether oxygens (including phenoxy) is 1. The molecule has 3 aromatic heterocycles. The summed E-state index contributed by atoms with van der Waals surface area (Å²) in [6.07, 6.45) is 4.88. The molecular weight excluding hydrogens is 422 g/mol. The standard InChI is InChI=1S/C30H26NO3/c1-16-24-23(14-19-9-11-32-27(16)19)34-29-25-18(8-10-31(5)26(24)25)13-21-20-12-17(15-30(2,3)4)6-7-22(20)33-28(21)29/h6-14H,15H2,1-5H3/q+1. The maximum Gasteiger partial charge on any atom is 0.228 e. The molecule has 0 radical (unpaired) electrons. The summed E-state index contributed by atoms with van der Waals surface area (Å²) in [5, 5.41) is 5.49. The summed E-state index contributed by atoms with van der Waals surface area (Å²) in [7, 11) is 2.08. The van der Waals surface area contributed by atoms with Crippen LogP contribution in [0.5, 0.6) is 11.5 Å². The van der Waals surface area contributed by atoms with E-state index in [4.69, 9.17) is 13.6 Å². The van der Waals surface area contributed by atoms with Crippen LogP contribution in [0.1, 0.15) is 31.9 Å². The number of pyridine rings is 1. The van der Waals surface area contributed by atoms with Crippen molar-refractivity contribution in [2.24, 2.45) is 12.5 Å². The molecule has 7 rings (SSSR count). The van der Waals surface area contributed by atoms with Gasteiger partial charge < -0.3 is 13.6 Å². The molecule has 6 aromatic rings. The van der Waals surface area contributed by atoms with Crippen molar-refractivity contribution in [2.75, 3.05) is 0 Å². The highest BCUT2D eigenvalue weighted by atomic mass is 16.5. The van der Waals surface area contributed by atoms with Crippen LogP contribution in [0.15, 0.2) is 63.8 Å². The van der Waals surface area contributed by atoms with Crippen LogP contribution in [0.25, 0.3) is 54.9 Å². The lowest BCUT2D eigenvalue weighted by Gasteiger charge is -2.21. The number of fused-ring (bicyclic) bond motifs is 7. The fourth-order valence-corrected chi connectivity index (χ4v) is 5.62. The molecule has 0 fully saturated rings. The smallest absolute Gasteiger partial charge is 0.228 e. The summed E-state index contributed by atoms with van der Waals surface area (Å²) < 4.78 is 21.1. The normalized spacial score (nSPS) is 13.2. The molecule has 0 atom stereocenters. The lowest BCUT2D eigenvalue weighted by atomic mass is 9.87. The molecule has 168 valence electrons. The molecule has 0 amide bonds. The summed E-state index contributed by atoms with van der Waals surface area (Å²) in [4.78, 5) is 0. The number of hydrogen-bond donors (Lipinski definition) is 0. The summed E-state index contributed by atoms with van der Waals surface area (Å²) in [5.41, 5.74) is 7.42. The Hall–Kier alpha value is -3.79. The van der Waals surface area contributed by atoms with Gasteiger partial charge in [-0.05, 0) is 60.0 Å². The second kappa shape index (κ2) is 6.41. The Bertz CT molecular complexity index is 1810.